The summed E-state index contributed by atoms with van der Waals surface area (Å²) < 4.78 is 38.4. The van der Waals surface area contributed by atoms with Gasteiger partial charge in [0, 0.05) is 23.8 Å². The number of carbonyl (C=O) groups excluding carboxylic acids is 1. The second-order valence-electron chi connectivity index (χ2n) is 6.33. The summed E-state index contributed by atoms with van der Waals surface area (Å²) in [5.74, 6) is -2.21. The van der Waals surface area contributed by atoms with Gasteiger partial charge in [-0.2, -0.15) is 13.2 Å². The number of aromatic nitrogens is 1. The minimum absolute atomic E-state index is 0.0358. The van der Waals surface area contributed by atoms with Crippen molar-refractivity contribution < 1.29 is 27.9 Å². The summed E-state index contributed by atoms with van der Waals surface area (Å²) in [7, 11) is 0. The van der Waals surface area contributed by atoms with Crippen molar-refractivity contribution in [3.05, 3.63) is 40.9 Å². The maximum absolute atomic E-state index is 12.8. The van der Waals surface area contributed by atoms with Crippen LogP contribution in [0.5, 0.6) is 0 Å². The number of aliphatic carboxylic acids is 1. The van der Waals surface area contributed by atoms with Crippen molar-refractivity contribution in [1.29, 1.82) is 0 Å². The Morgan fingerprint density at radius 1 is 1.27 bits per heavy atom. The van der Waals surface area contributed by atoms with Gasteiger partial charge < -0.3 is 5.11 Å². The summed E-state index contributed by atoms with van der Waals surface area (Å²) in [6.45, 7) is 3.47. The molecule has 1 aromatic carbocycles. The molecule has 4 nitrogen and oxygen atoms in total. The van der Waals surface area contributed by atoms with Crippen LogP contribution in [0.1, 0.15) is 31.5 Å². The van der Waals surface area contributed by atoms with Crippen molar-refractivity contribution in [1.82, 2.24) is 4.98 Å². The molecule has 0 saturated carbocycles. The van der Waals surface area contributed by atoms with Crippen molar-refractivity contribution in [2.45, 2.75) is 32.9 Å². The molecule has 140 valence electrons. The Bertz CT molecular complexity index is 799. The average molecular weight is 385 g/mol. The number of nitrogens with zero attached hydrogens (tertiary/aromatic N) is 1. The molecule has 8 heteroatoms. The lowest BCUT2D eigenvalue weighted by Gasteiger charge is -2.14. The van der Waals surface area contributed by atoms with Crippen LogP contribution in [-0.4, -0.2) is 21.8 Å². The zero-order valence-electron chi connectivity index (χ0n) is 14.2. The van der Waals surface area contributed by atoms with Crippen LogP contribution in [-0.2, 0) is 22.2 Å². The highest BCUT2D eigenvalue weighted by molar-refractivity contribution is 7.13. The lowest BCUT2D eigenvalue weighted by molar-refractivity contribution is -0.145. The van der Waals surface area contributed by atoms with Crippen molar-refractivity contribution >= 4 is 23.1 Å². The molecule has 0 spiro atoms. The summed E-state index contributed by atoms with van der Waals surface area (Å²) in [5, 5.41) is 11.1. The fourth-order valence-electron chi connectivity index (χ4n) is 2.48. The van der Waals surface area contributed by atoms with E-state index in [0.717, 1.165) is 23.5 Å². The Kier molecular flexibility index (Phi) is 6.17. The number of ketones is 1. The van der Waals surface area contributed by atoms with Crippen LogP contribution in [0.4, 0.5) is 13.2 Å². The summed E-state index contributed by atoms with van der Waals surface area (Å²) in [5.41, 5.74) is -0.00140. The quantitative estimate of drug-likeness (QED) is 0.751. The van der Waals surface area contributed by atoms with Gasteiger partial charge in [0.2, 0.25) is 0 Å². The van der Waals surface area contributed by atoms with E-state index in [1.807, 2.05) is 0 Å². The van der Waals surface area contributed by atoms with Gasteiger partial charge in [-0.25, -0.2) is 4.98 Å². The summed E-state index contributed by atoms with van der Waals surface area (Å²) in [4.78, 5) is 27.5. The normalized spacial score (nSPS) is 13.0. The summed E-state index contributed by atoms with van der Waals surface area (Å²) in [6.07, 6.45) is -4.57. The molecule has 1 N–H and O–H groups in total. The molecule has 0 saturated heterocycles. The van der Waals surface area contributed by atoms with Crippen LogP contribution < -0.4 is 0 Å². The topological polar surface area (TPSA) is 67.3 Å². The molecule has 0 fully saturated rings. The first-order chi connectivity index (χ1) is 12.1. The first-order valence-corrected chi connectivity index (χ1v) is 8.82. The van der Waals surface area contributed by atoms with E-state index in [1.54, 1.807) is 19.2 Å². The van der Waals surface area contributed by atoms with E-state index in [2.05, 4.69) is 4.98 Å². The van der Waals surface area contributed by atoms with E-state index in [1.165, 1.54) is 12.1 Å². The van der Waals surface area contributed by atoms with E-state index in [9.17, 15) is 22.8 Å². The summed E-state index contributed by atoms with van der Waals surface area (Å²) >= 11 is 1.15. The molecule has 0 aliphatic heterocycles. The standard InChI is InChI=1S/C18H18F3NO3S/c1-10(2)15(17(24)25)8-14(23)7-13-9-26-16(22-13)11-4-3-5-12(6-11)18(19,20)21/h3-6,9-10,15H,7-8H2,1-2H3,(H,24,25)/t15-/m1/s1. The second kappa shape index (κ2) is 7.99. The molecule has 0 amide bonds. The Labute approximate surface area is 152 Å². The third-order valence-corrected chi connectivity index (χ3v) is 4.88. The third kappa shape index (κ3) is 5.14. The smallest absolute Gasteiger partial charge is 0.416 e. The van der Waals surface area contributed by atoms with Gasteiger partial charge in [-0.15, -0.1) is 11.3 Å². The second-order valence-corrected chi connectivity index (χ2v) is 7.19. The van der Waals surface area contributed by atoms with Crippen molar-refractivity contribution in [3.63, 3.8) is 0 Å². The maximum atomic E-state index is 12.8. The lowest BCUT2D eigenvalue weighted by atomic mass is 9.90. The molecule has 0 radical (unpaired) electrons. The molecule has 1 atom stereocenters. The summed E-state index contributed by atoms with van der Waals surface area (Å²) in [6, 6.07) is 4.84. The number of alkyl halides is 3. The predicted molar refractivity (Wildman–Crippen MR) is 91.8 cm³/mol. The van der Waals surface area contributed by atoms with Crippen LogP contribution >= 0.6 is 11.3 Å². The first kappa shape index (κ1) is 20.1. The first-order valence-electron chi connectivity index (χ1n) is 7.94. The highest BCUT2D eigenvalue weighted by Crippen LogP contribution is 2.33. The van der Waals surface area contributed by atoms with Crippen LogP contribution in [0.25, 0.3) is 10.6 Å². The monoisotopic (exact) mass is 385 g/mol. The third-order valence-electron chi connectivity index (χ3n) is 3.94. The number of rotatable bonds is 7. The van der Waals surface area contributed by atoms with Gasteiger partial charge in [0.1, 0.15) is 10.8 Å². The van der Waals surface area contributed by atoms with Gasteiger partial charge in [-0.1, -0.05) is 26.0 Å². The number of carboxylic acids is 1. The van der Waals surface area contributed by atoms with E-state index < -0.39 is 23.6 Å². The number of thiazole rings is 1. The van der Waals surface area contributed by atoms with Crippen LogP contribution in [0.2, 0.25) is 0 Å². The van der Waals surface area contributed by atoms with Gasteiger partial charge in [-0.3, -0.25) is 9.59 Å². The molecule has 2 rings (SSSR count). The molecular weight excluding hydrogens is 367 g/mol. The zero-order chi connectivity index (χ0) is 19.5. The lowest BCUT2D eigenvalue weighted by Crippen LogP contribution is -2.23. The fraction of sp³-hybridized carbons (Fsp3) is 0.389. The van der Waals surface area contributed by atoms with E-state index >= 15 is 0 Å². The van der Waals surface area contributed by atoms with Gasteiger partial charge in [0.15, 0.2) is 0 Å². The Balaban J connectivity index is 2.11. The Morgan fingerprint density at radius 2 is 1.96 bits per heavy atom. The van der Waals surface area contributed by atoms with Gasteiger partial charge in [0.05, 0.1) is 17.2 Å². The zero-order valence-corrected chi connectivity index (χ0v) is 15.0. The number of hydrogen-bond donors (Lipinski definition) is 1. The number of benzene rings is 1. The highest BCUT2D eigenvalue weighted by atomic mass is 32.1. The molecule has 0 bridgehead atoms. The molecule has 1 heterocycles. The highest BCUT2D eigenvalue weighted by Gasteiger charge is 2.30. The number of hydrogen-bond acceptors (Lipinski definition) is 4. The van der Waals surface area contributed by atoms with Gasteiger partial charge in [0.25, 0.3) is 0 Å². The minimum Gasteiger partial charge on any atom is -0.481 e. The molecule has 26 heavy (non-hydrogen) atoms. The van der Waals surface area contributed by atoms with Crippen molar-refractivity contribution in [3.8, 4) is 10.6 Å². The Morgan fingerprint density at radius 3 is 2.54 bits per heavy atom. The van der Waals surface area contributed by atoms with Crippen molar-refractivity contribution in [2.24, 2.45) is 11.8 Å². The van der Waals surface area contributed by atoms with Gasteiger partial charge >= 0.3 is 12.1 Å². The van der Waals surface area contributed by atoms with Gasteiger partial charge in [-0.05, 0) is 18.1 Å². The fourth-order valence-corrected chi connectivity index (χ4v) is 3.29. The number of carboxylic acid groups (broad SMARTS) is 1. The maximum Gasteiger partial charge on any atom is 0.416 e. The molecule has 0 aliphatic rings. The number of halogens is 3. The van der Waals surface area contributed by atoms with Crippen LogP contribution in [0, 0.1) is 11.8 Å². The number of carbonyl (C=O) groups is 2. The predicted octanol–water partition coefficient (Wildman–Crippen LogP) is 4.69. The Hall–Kier alpha value is -2.22. The molecule has 0 aliphatic carbocycles. The van der Waals surface area contributed by atoms with E-state index in [-0.39, 0.29) is 24.5 Å². The van der Waals surface area contributed by atoms with Crippen molar-refractivity contribution in [2.75, 3.05) is 0 Å². The largest absolute Gasteiger partial charge is 0.481 e. The van der Waals surface area contributed by atoms with E-state index in [4.69, 9.17) is 5.11 Å². The SMILES string of the molecule is CC(C)[C@@H](CC(=O)Cc1csc(-c2cccc(C(F)(F)F)c2)n1)C(=O)O. The average Bonchev–Trinajstić information content (AvgIpc) is 3.00. The molecule has 2 aromatic rings. The number of Topliss-reactive ketones (excluding diaryl/α,β-unsaturated/α-hetero) is 1. The molecule has 1 aromatic heterocycles. The molecular formula is C18H18F3NO3S. The molecule has 0 unspecified atom stereocenters. The minimum atomic E-state index is -4.44. The van der Waals surface area contributed by atoms with Crippen LogP contribution in [0.15, 0.2) is 29.6 Å². The van der Waals surface area contributed by atoms with Crippen LogP contribution in [0.3, 0.4) is 0 Å². The van der Waals surface area contributed by atoms with E-state index in [0.29, 0.717) is 16.3 Å².